The average molecular weight is 365 g/mol. The van der Waals surface area contributed by atoms with E-state index in [-0.39, 0.29) is 11.9 Å². The van der Waals surface area contributed by atoms with Crippen LogP contribution in [-0.2, 0) is 14.9 Å². The molecular formula is C19H40O4S. The summed E-state index contributed by atoms with van der Waals surface area (Å²) >= 11 is 0. The summed E-state index contributed by atoms with van der Waals surface area (Å²) in [7, 11) is -2.43. The summed E-state index contributed by atoms with van der Waals surface area (Å²) in [6, 6.07) is 0. The van der Waals surface area contributed by atoms with E-state index < -0.39 is 10.1 Å². The van der Waals surface area contributed by atoms with Crippen LogP contribution >= 0.6 is 0 Å². The van der Waals surface area contributed by atoms with Crippen LogP contribution < -0.4 is 0 Å². The van der Waals surface area contributed by atoms with E-state index in [1.54, 1.807) is 0 Å². The van der Waals surface area contributed by atoms with Crippen LogP contribution in [0.3, 0.4) is 0 Å². The summed E-state index contributed by atoms with van der Waals surface area (Å²) in [4.78, 5) is 0. The molecule has 0 aliphatic heterocycles. The van der Waals surface area contributed by atoms with Crippen molar-refractivity contribution in [2.75, 3.05) is 12.9 Å². The molecular weight excluding hydrogens is 324 g/mol. The zero-order valence-corrected chi connectivity index (χ0v) is 16.8. The molecule has 0 aromatic rings. The predicted octanol–water partition coefficient (Wildman–Crippen LogP) is 5.76. The molecule has 0 saturated carbocycles. The molecule has 0 aliphatic carbocycles. The van der Waals surface area contributed by atoms with E-state index >= 15 is 0 Å². The molecule has 1 N–H and O–H groups in total. The Bertz CT molecular complexity index is 354. The van der Waals surface area contributed by atoms with Crippen molar-refractivity contribution in [3.8, 4) is 0 Å². The maximum Gasteiger partial charge on any atom is 0.267 e. The van der Waals surface area contributed by atoms with Crippen LogP contribution in [-0.4, -0.2) is 31.9 Å². The third-order valence-electron chi connectivity index (χ3n) is 4.61. The zero-order valence-electron chi connectivity index (χ0n) is 16.0. The maximum atomic E-state index is 10.8. The smallest absolute Gasteiger partial charge is 0.267 e. The first-order valence-electron chi connectivity index (χ1n) is 9.97. The summed E-state index contributed by atoms with van der Waals surface area (Å²) < 4.78 is 35.6. The third-order valence-corrected chi connectivity index (χ3v) is 5.40. The Labute approximate surface area is 150 Å². The molecule has 0 aromatic carbocycles. The molecule has 0 radical (unpaired) electrons. The lowest BCUT2D eigenvalue weighted by molar-refractivity contribution is 0.109. The maximum absolute atomic E-state index is 10.8. The highest BCUT2D eigenvalue weighted by molar-refractivity contribution is 7.85. The monoisotopic (exact) mass is 364 g/mol. The highest BCUT2D eigenvalue weighted by Gasteiger charge is 2.15. The van der Waals surface area contributed by atoms with E-state index in [9.17, 15) is 8.42 Å². The minimum absolute atomic E-state index is 0.290. The molecule has 24 heavy (non-hydrogen) atoms. The molecule has 0 aromatic heterocycles. The van der Waals surface area contributed by atoms with Crippen molar-refractivity contribution in [2.45, 2.75) is 109 Å². The molecule has 0 rings (SSSR count). The molecule has 1 unspecified atom stereocenters. The molecule has 0 bridgehead atoms. The summed E-state index contributed by atoms with van der Waals surface area (Å²) in [5.41, 5.74) is 0. The molecule has 0 aliphatic rings. The topological polar surface area (TPSA) is 63.6 Å². The first kappa shape index (κ1) is 23.9. The molecule has 0 amide bonds. The fourth-order valence-electron chi connectivity index (χ4n) is 3.07. The van der Waals surface area contributed by atoms with Gasteiger partial charge in [0, 0.05) is 7.11 Å². The van der Waals surface area contributed by atoms with Crippen molar-refractivity contribution in [3.05, 3.63) is 0 Å². The molecule has 0 fully saturated rings. The van der Waals surface area contributed by atoms with Crippen molar-refractivity contribution in [1.82, 2.24) is 0 Å². The standard InChI is InChI=1S/C19H40O4S/c1-3-4-5-6-7-8-9-10-11-12-13-14-15-16-17-19(23-2)18-24(20,21)22/h19H,3-18H2,1-2H3,(H,20,21,22). The van der Waals surface area contributed by atoms with E-state index in [2.05, 4.69) is 6.92 Å². The zero-order chi connectivity index (χ0) is 18.1. The quantitative estimate of drug-likeness (QED) is 0.248. The van der Waals surface area contributed by atoms with Crippen LogP contribution in [0.25, 0.3) is 0 Å². The predicted molar refractivity (Wildman–Crippen MR) is 102 cm³/mol. The van der Waals surface area contributed by atoms with Crippen LogP contribution in [0.1, 0.15) is 103 Å². The van der Waals surface area contributed by atoms with E-state index in [4.69, 9.17) is 9.29 Å². The van der Waals surface area contributed by atoms with Gasteiger partial charge in [-0.05, 0) is 6.42 Å². The van der Waals surface area contributed by atoms with Gasteiger partial charge in [-0.3, -0.25) is 4.55 Å². The van der Waals surface area contributed by atoms with Crippen molar-refractivity contribution in [2.24, 2.45) is 0 Å². The van der Waals surface area contributed by atoms with E-state index in [0.717, 1.165) is 12.8 Å². The second-order valence-corrected chi connectivity index (χ2v) is 8.49. The second kappa shape index (κ2) is 16.3. The molecule has 1 atom stereocenters. The number of rotatable bonds is 18. The van der Waals surface area contributed by atoms with Gasteiger partial charge in [0.25, 0.3) is 10.1 Å². The Morgan fingerprint density at radius 1 is 0.750 bits per heavy atom. The number of unbranched alkanes of at least 4 members (excludes halogenated alkanes) is 13. The Morgan fingerprint density at radius 3 is 1.46 bits per heavy atom. The van der Waals surface area contributed by atoms with Gasteiger partial charge in [-0.1, -0.05) is 96.8 Å². The first-order valence-corrected chi connectivity index (χ1v) is 11.6. The summed E-state index contributed by atoms with van der Waals surface area (Å²) in [6.07, 6.45) is 18.6. The minimum atomic E-state index is -3.93. The normalized spacial score (nSPS) is 13.3. The van der Waals surface area contributed by atoms with E-state index in [0.29, 0.717) is 6.42 Å². The fraction of sp³-hybridized carbons (Fsp3) is 1.00. The molecule has 0 saturated heterocycles. The van der Waals surface area contributed by atoms with E-state index in [1.807, 2.05) is 0 Å². The highest BCUT2D eigenvalue weighted by Crippen LogP contribution is 2.14. The number of ether oxygens (including phenoxy) is 1. The molecule has 0 spiro atoms. The Balaban J connectivity index is 3.27. The van der Waals surface area contributed by atoms with Gasteiger partial charge in [-0.25, -0.2) is 0 Å². The minimum Gasteiger partial charge on any atom is -0.380 e. The lowest BCUT2D eigenvalue weighted by atomic mass is 10.0. The largest absolute Gasteiger partial charge is 0.380 e. The van der Waals surface area contributed by atoms with Crippen molar-refractivity contribution >= 4 is 10.1 Å². The van der Waals surface area contributed by atoms with Gasteiger partial charge in [0.1, 0.15) is 5.75 Å². The van der Waals surface area contributed by atoms with Gasteiger partial charge >= 0.3 is 0 Å². The van der Waals surface area contributed by atoms with Crippen molar-refractivity contribution in [3.63, 3.8) is 0 Å². The Kier molecular flexibility index (Phi) is 16.3. The van der Waals surface area contributed by atoms with Gasteiger partial charge in [0.05, 0.1) is 6.10 Å². The molecule has 4 nitrogen and oxygen atoms in total. The van der Waals surface area contributed by atoms with Gasteiger partial charge in [-0.15, -0.1) is 0 Å². The number of methoxy groups -OCH3 is 1. The SMILES string of the molecule is CCCCCCCCCCCCCCCCC(CS(=O)(=O)O)OC. The number of hydrogen-bond donors (Lipinski definition) is 1. The van der Waals surface area contributed by atoms with Crippen molar-refractivity contribution in [1.29, 1.82) is 0 Å². The summed E-state index contributed by atoms with van der Waals surface area (Å²) in [5.74, 6) is -0.290. The van der Waals surface area contributed by atoms with E-state index in [1.165, 1.54) is 84.2 Å². The molecule has 5 heteroatoms. The molecule has 0 heterocycles. The summed E-state index contributed by atoms with van der Waals surface area (Å²) in [6.45, 7) is 2.26. The fourth-order valence-corrected chi connectivity index (χ4v) is 3.84. The highest BCUT2D eigenvalue weighted by atomic mass is 32.2. The van der Waals surface area contributed by atoms with Crippen LogP contribution in [0.15, 0.2) is 0 Å². The van der Waals surface area contributed by atoms with Gasteiger partial charge in [0.2, 0.25) is 0 Å². The lowest BCUT2D eigenvalue weighted by Crippen LogP contribution is -2.22. The van der Waals surface area contributed by atoms with Crippen LogP contribution in [0.5, 0.6) is 0 Å². The van der Waals surface area contributed by atoms with Gasteiger partial charge in [0.15, 0.2) is 0 Å². The lowest BCUT2D eigenvalue weighted by Gasteiger charge is -2.13. The molecule has 146 valence electrons. The van der Waals surface area contributed by atoms with Gasteiger partial charge in [-0.2, -0.15) is 8.42 Å². The Hall–Kier alpha value is -0.130. The number of hydrogen-bond acceptors (Lipinski definition) is 3. The van der Waals surface area contributed by atoms with Crippen LogP contribution in [0.4, 0.5) is 0 Å². The Morgan fingerprint density at radius 2 is 1.12 bits per heavy atom. The summed E-state index contributed by atoms with van der Waals surface area (Å²) in [5, 5.41) is 0. The second-order valence-electron chi connectivity index (χ2n) is 6.99. The third kappa shape index (κ3) is 18.2. The van der Waals surface area contributed by atoms with Crippen LogP contribution in [0.2, 0.25) is 0 Å². The first-order chi connectivity index (χ1) is 11.5. The van der Waals surface area contributed by atoms with Crippen molar-refractivity contribution < 1.29 is 17.7 Å². The van der Waals surface area contributed by atoms with Crippen LogP contribution in [0, 0.1) is 0 Å². The van der Waals surface area contributed by atoms with Gasteiger partial charge < -0.3 is 4.74 Å². The average Bonchev–Trinajstić information content (AvgIpc) is 2.53.